The number of hydrogen-bond acceptors (Lipinski definition) is 4. The Hall–Kier alpha value is -1.41. The summed E-state index contributed by atoms with van der Waals surface area (Å²) in [5.74, 6) is 0.564. The van der Waals surface area contributed by atoms with Crippen LogP contribution in [-0.2, 0) is 0 Å². The zero-order chi connectivity index (χ0) is 15.3. The first-order valence-electron chi connectivity index (χ1n) is 7.64. The number of nitrogens with one attached hydrogen (secondary N) is 1. The molecule has 0 bridgehead atoms. The molecule has 4 heteroatoms. The van der Waals surface area contributed by atoms with Crippen molar-refractivity contribution in [1.29, 1.82) is 5.26 Å². The zero-order valence-corrected chi connectivity index (χ0v) is 12.5. The molecule has 0 spiro atoms. The third-order valence-electron chi connectivity index (χ3n) is 4.28. The molecule has 21 heavy (non-hydrogen) atoms. The van der Waals surface area contributed by atoms with E-state index in [2.05, 4.69) is 18.3 Å². The van der Waals surface area contributed by atoms with Crippen molar-refractivity contribution in [2.45, 2.75) is 44.3 Å². The number of aliphatic hydroxyl groups is 2. The number of benzene rings is 1. The van der Waals surface area contributed by atoms with E-state index in [0.717, 1.165) is 24.8 Å². The summed E-state index contributed by atoms with van der Waals surface area (Å²) in [6.07, 6.45) is 3.29. The van der Waals surface area contributed by atoms with Crippen LogP contribution in [0, 0.1) is 17.2 Å². The maximum Gasteiger partial charge on any atom is 0.0991 e. The molecule has 3 N–H and O–H groups in total. The number of nitriles is 1. The fraction of sp³-hybridized carbons (Fsp3) is 0.588. The maximum absolute atomic E-state index is 10.5. The summed E-state index contributed by atoms with van der Waals surface area (Å²) in [4.78, 5) is 0. The molecular weight excluding hydrogens is 264 g/mol. The lowest BCUT2D eigenvalue weighted by molar-refractivity contribution is -0.0135. The van der Waals surface area contributed by atoms with Crippen LogP contribution in [0.4, 0.5) is 0 Å². The van der Waals surface area contributed by atoms with Crippen molar-refractivity contribution >= 4 is 0 Å². The largest absolute Gasteiger partial charge is 0.389 e. The molecule has 1 saturated carbocycles. The number of aliphatic hydroxyl groups excluding tert-OH is 1. The Balaban J connectivity index is 1.80. The average Bonchev–Trinajstić information content (AvgIpc) is 2.47. The Bertz CT molecular complexity index is 495. The second-order valence-corrected chi connectivity index (χ2v) is 6.31. The van der Waals surface area contributed by atoms with Gasteiger partial charge in [-0.3, -0.25) is 0 Å². The molecule has 1 aliphatic carbocycles. The molecule has 2 rings (SSSR count). The Kier molecular flexibility index (Phi) is 5.35. The van der Waals surface area contributed by atoms with E-state index in [-0.39, 0.29) is 0 Å². The van der Waals surface area contributed by atoms with Gasteiger partial charge in [-0.25, -0.2) is 0 Å². The number of nitrogens with zero attached hydrogens (tertiary/aromatic N) is 1. The summed E-state index contributed by atoms with van der Waals surface area (Å²) in [7, 11) is 0. The van der Waals surface area contributed by atoms with E-state index in [0.29, 0.717) is 24.6 Å². The van der Waals surface area contributed by atoms with Crippen LogP contribution in [-0.4, -0.2) is 28.9 Å². The standard InChI is InChI=1S/C17H24N2O2/c1-13-3-2-8-17(21,9-13)12-19-11-16(20)15-6-4-14(10-18)5-7-15/h4-7,13,16,19-21H,2-3,8-9,11-12H2,1H3. The highest BCUT2D eigenvalue weighted by atomic mass is 16.3. The minimum atomic E-state index is -0.637. The molecule has 0 amide bonds. The third-order valence-corrected chi connectivity index (χ3v) is 4.28. The Morgan fingerprint density at radius 1 is 1.43 bits per heavy atom. The van der Waals surface area contributed by atoms with E-state index in [1.807, 2.05) is 0 Å². The third kappa shape index (κ3) is 4.53. The second-order valence-electron chi connectivity index (χ2n) is 6.31. The summed E-state index contributed by atoms with van der Waals surface area (Å²) < 4.78 is 0. The van der Waals surface area contributed by atoms with Crippen LogP contribution in [0.1, 0.15) is 49.8 Å². The molecular formula is C17H24N2O2. The van der Waals surface area contributed by atoms with Gasteiger partial charge in [0.2, 0.25) is 0 Å². The predicted molar refractivity (Wildman–Crippen MR) is 81.6 cm³/mol. The minimum absolute atomic E-state index is 0.405. The average molecular weight is 288 g/mol. The van der Waals surface area contributed by atoms with Crippen LogP contribution < -0.4 is 5.32 Å². The normalized spacial score (nSPS) is 27.0. The van der Waals surface area contributed by atoms with E-state index < -0.39 is 11.7 Å². The molecule has 114 valence electrons. The Morgan fingerprint density at radius 2 is 2.14 bits per heavy atom. The van der Waals surface area contributed by atoms with Gasteiger partial charge in [0.05, 0.1) is 23.3 Å². The predicted octanol–water partition coefficient (Wildman–Crippen LogP) is 2.12. The highest BCUT2D eigenvalue weighted by molar-refractivity contribution is 5.32. The summed E-state index contributed by atoms with van der Waals surface area (Å²) in [5.41, 5.74) is 0.733. The molecule has 1 fully saturated rings. The zero-order valence-electron chi connectivity index (χ0n) is 12.5. The van der Waals surface area contributed by atoms with Gasteiger partial charge < -0.3 is 15.5 Å². The van der Waals surface area contributed by atoms with E-state index in [9.17, 15) is 10.2 Å². The summed E-state index contributed by atoms with van der Waals surface area (Å²) in [5, 5.41) is 32.6. The smallest absolute Gasteiger partial charge is 0.0991 e. The molecule has 0 heterocycles. The van der Waals surface area contributed by atoms with Crippen molar-refractivity contribution < 1.29 is 10.2 Å². The monoisotopic (exact) mass is 288 g/mol. The van der Waals surface area contributed by atoms with Crippen molar-refractivity contribution in [1.82, 2.24) is 5.32 Å². The van der Waals surface area contributed by atoms with Crippen LogP contribution in [0.15, 0.2) is 24.3 Å². The molecule has 0 aromatic heterocycles. The maximum atomic E-state index is 10.5. The lowest BCUT2D eigenvalue weighted by atomic mass is 9.79. The van der Waals surface area contributed by atoms with E-state index in [1.54, 1.807) is 24.3 Å². The lowest BCUT2D eigenvalue weighted by Crippen LogP contribution is -2.44. The quantitative estimate of drug-likeness (QED) is 0.775. The van der Waals surface area contributed by atoms with Crippen molar-refractivity contribution in [2.24, 2.45) is 5.92 Å². The van der Waals surface area contributed by atoms with Gasteiger partial charge in [-0.2, -0.15) is 5.26 Å². The fourth-order valence-corrected chi connectivity index (χ4v) is 3.13. The molecule has 3 unspecified atom stereocenters. The summed E-state index contributed by atoms with van der Waals surface area (Å²) in [6, 6.07) is 9.00. The van der Waals surface area contributed by atoms with Crippen molar-refractivity contribution in [3.8, 4) is 6.07 Å². The van der Waals surface area contributed by atoms with Crippen LogP contribution >= 0.6 is 0 Å². The molecule has 1 aromatic carbocycles. The highest BCUT2D eigenvalue weighted by Gasteiger charge is 2.32. The van der Waals surface area contributed by atoms with Crippen molar-refractivity contribution in [3.63, 3.8) is 0 Å². The molecule has 1 aliphatic rings. The lowest BCUT2D eigenvalue weighted by Gasteiger charge is -2.36. The van der Waals surface area contributed by atoms with Gasteiger partial charge in [0.25, 0.3) is 0 Å². The highest BCUT2D eigenvalue weighted by Crippen LogP contribution is 2.31. The molecule has 0 aliphatic heterocycles. The Morgan fingerprint density at radius 3 is 2.76 bits per heavy atom. The van der Waals surface area contributed by atoms with Crippen LogP contribution in [0.2, 0.25) is 0 Å². The first-order chi connectivity index (χ1) is 10.0. The topological polar surface area (TPSA) is 76.3 Å². The van der Waals surface area contributed by atoms with Crippen molar-refractivity contribution in [2.75, 3.05) is 13.1 Å². The van der Waals surface area contributed by atoms with Gasteiger partial charge >= 0.3 is 0 Å². The second kappa shape index (κ2) is 7.04. The molecule has 1 aromatic rings. The van der Waals surface area contributed by atoms with Gasteiger partial charge in [-0.15, -0.1) is 0 Å². The van der Waals surface area contributed by atoms with Crippen LogP contribution in [0.5, 0.6) is 0 Å². The minimum Gasteiger partial charge on any atom is -0.389 e. The SMILES string of the molecule is CC1CCCC(O)(CNCC(O)c2ccc(C#N)cc2)C1. The van der Waals surface area contributed by atoms with E-state index >= 15 is 0 Å². The Labute approximate surface area is 126 Å². The van der Waals surface area contributed by atoms with Gasteiger partial charge in [0, 0.05) is 13.1 Å². The summed E-state index contributed by atoms with van der Waals surface area (Å²) >= 11 is 0. The first-order valence-corrected chi connectivity index (χ1v) is 7.64. The summed E-state index contributed by atoms with van der Waals surface area (Å²) in [6.45, 7) is 3.10. The first kappa shape index (κ1) is 16.0. The fourth-order valence-electron chi connectivity index (χ4n) is 3.13. The van der Waals surface area contributed by atoms with Crippen LogP contribution in [0.3, 0.4) is 0 Å². The van der Waals surface area contributed by atoms with E-state index in [4.69, 9.17) is 5.26 Å². The molecule has 4 nitrogen and oxygen atoms in total. The van der Waals surface area contributed by atoms with Gasteiger partial charge in [-0.1, -0.05) is 31.9 Å². The van der Waals surface area contributed by atoms with Gasteiger partial charge in [0.15, 0.2) is 0 Å². The van der Waals surface area contributed by atoms with E-state index in [1.165, 1.54) is 6.42 Å². The molecule has 0 saturated heterocycles. The molecule has 3 atom stereocenters. The molecule has 0 radical (unpaired) electrons. The van der Waals surface area contributed by atoms with Gasteiger partial charge in [0.1, 0.15) is 0 Å². The number of rotatable bonds is 5. The van der Waals surface area contributed by atoms with Crippen LogP contribution in [0.25, 0.3) is 0 Å². The van der Waals surface area contributed by atoms with Crippen molar-refractivity contribution in [3.05, 3.63) is 35.4 Å². The van der Waals surface area contributed by atoms with Gasteiger partial charge in [-0.05, 0) is 36.5 Å². The number of hydrogen-bond donors (Lipinski definition) is 3.